The first kappa shape index (κ1) is 16.2. The predicted octanol–water partition coefficient (Wildman–Crippen LogP) is 2.24. The Hall–Kier alpha value is -2.14. The minimum absolute atomic E-state index is 0.0586. The van der Waals surface area contributed by atoms with Crippen molar-refractivity contribution < 1.29 is 24.9 Å². The van der Waals surface area contributed by atoms with E-state index in [-0.39, 0.29) is 35.1 Å². The molecule has 0 saturated carbocycles. The monoisotopic (exact) mass is 304 g/mol. The third kappa shape index (κ3) is 2.76. The normalized spacial score (nSPS) is 28.5. The van der Waals surface area contributed by atoms with E-state index in [1.165, 1.54) is 32.9 Å². The lowest BCUT2D eigenvalue weighted by molar-refractivity contribution is -0.132. The van der Waals surface area contributed by atoms with Crippen molar-refractivity contribution in [3.63, 3.8) is 0 Å². The average Bonchev–Trinajstić information content (AvgIpc) is 2.36. The second-order valence-electron chi connectivity index (χ2n) is 6.11. The van der Waals surface area contributed by atoms with Gasteiger partial charge in [-0.1, -0.05) is 12.1 Å². The van der Waals surface area contributed by atoms with Crippen LogP contribution in [0.25, 0.3) is 0 Å². The van der Waals surface area contributed by atoms with Crippen LogP contribution in [0.4, 0.5) is 0 Å². The number of benzene rings is 1. The number of phenols is 1. The van der Waals surface area contributed by atoms with Crippen molar-refractivity contribution in [3.8, 4) is 5.75 Å². The summed E-state index contributed by atoms with van der Waals surface area (Å²) in [5.74, 6) is -2.30. The molecular weight excluding hydrogens is 284 g/mol. The molecule has 22 heavy (non-hydrogen) atoms. The van der Waals surface area contributed by atoms with Gasteiger partial charge in [0.05, 0.1) is 11.5 Å². The molecule has 2 rings (SSSR count). The summed E-state index contributed by atoms with van der Waals surface area (Å²) in [6.07, 6.45) is -0.138. The lowest BCUT2D eigenvalue weighted by Gasteiger charge is -2.41. The number of carbonyl (C=O) groups is 2. The van der Waals surface area contributed by atoms with Gasteiger partial charge >= 0.3 is 0 Å². The van der Waals surface area contributed by atoms with E-state index in [1.807, 2.05) is 0 Å². The van der Waals surface area contributed by atoms with Gasteiger partial charge in [-0.15, -0.1) is 0 Å². The molecular formula is C17H20O5. The number of aliphatic hydroxyl groups is 2. The van der Waals surface area contributed by atoms with E-state index in [0.29, 0.717) is 5.56 Å². The molecule has 118 valence electrons. The van der Waals surface area contributed by atoms with Crippen LogP contribution in [-0.2, 0) is 9.59 Å². The molecule has 1 aliphatic carbocycles. The number of aliphatic hydroxyl groups excluding tert-OH is 1. The number of hydrogen-bond donors (Lipinski definition) is 3. The number of hydrogen-bond acceptors (Lipinski definition) is 5. The van der Waals surface area contributed by atoms with Crippen LogP contribution in [0.1, 0.15) is 38.7 Å². The van der Waals surface area contributed by atoms with E-state index < -0.39 is 17.4 Å². The minimum Gasteiger partial charge on any atom is -0.512 e. The Bertz CT molecular complexity index is 640. The van der Waals surface area contributed by atoms with Gasteiger partial charge in [-0.3, -0.25) is 9.59 Å². The van der Waals surface area contributed by atoms with Crippen molar-refractivity contribution in [1.82, 2.24) is 0 Å². The van der Waals surface area contributed by atoms with Crippen LogP contribution in [0, 0.1) is 5.92 Å². The molecule has 0 spiro atoms. The molecule has 5 heteroatoms. The molecule has 3 atom stereocenters. The molecule has 0 bridgehead atoms. The van der Waals surface area contributed by atoms with E-state index in [9.17, 15) is 24.9 Å². The second-order valence-corrected chi connectivity index (χ2v) is 6.11. The second kappa shape index (κ2) is 5.57. The highest BCUT2D eigenvalue weighted by atomic mass is 16.3. The van der Waals surface area contributed by atoms with Gasteiger partial charge in [-0.2, -0.15) is 0 Å². The molecule has 0 heterocycles. The number of ketones is 2. The van der Waals surface area contributed by atoms with Crippen LogP contribution in [0.2, 0.25) is 0 Å². The Balaban J connectivity index is 2.69. The maximum absolute atomic E-state index is 12.1. The number of Topliss-reactive ketones (excluding diaryl/α,β-unsaturated/α-hetero) is 2. The number of carbonyl (C=O) groups excluding carboxylic acids is 2. The quantitative estimate of drug-likeness (QED) is 0.796. The first-order chi connectivity index (χ1) is 10.1. The van der Waals surface area contributed by atoms with Crippen molar-refractivity contribution >= 4 is 11.6 Å². The first-order valence-electron chi connectivity index (χ1n) is 7.10. The Morgan fingerprint density at radius 2 is 1.68 bits per heavy atom. The zero-order chi connectivity index (χ0) is 16.7. The highest BCUT2D eigenvalue weighted by molar-refractivity contribution is 5.97. The maximum Gasteiger partial charge on any atom is 0.159 e. The topological polar surface area (TPSA) is 94.8 Å². The molecule has 0 aliphatic heterocycles. The van der Waals surface area contributed by atoms with E-state index in [2.05, 4.69) is 0 Å². The van der Waals surface area contributed by atoms with Crippen molar-refractivity contribution in [2.75, 3.05) is 0 Å². The summed E-state index contributed by atoms with van der Waals surface area (Å²) in [7, 11) is 0. The standard InChI is InChI=1S/C17H20O5/c1-9(18)14-13(21)8-17(3,22)16(10(2)19)15(14)11-4-6-12(20)7-5-11/h4-7,15-16,20-22H,8H2,1-3H3. The molecule has 1 aliphatic rings. The summed E-state index contributed by atoms with van der Waals surface area (Å²) < 4.78 is 0. The molecule has 3 N–H and O–H groups in total. The largest absolute Gasteiger partial charge is 0.512 e. The van der Waals surface area contributed by atoms with Crippen LogP contribution in [0.15, 0.2) is 35.6 Å². The Morgan fingerprint density at radius 3 is 2.14 bits per heavy atom. The minimum atomic E-state index is -1.45. The highest BCUT2D eigenvalue weighted by Crippen LogP contribution is 2.47. The molecule has 0 fully saturated rings. The fourth-order valence-corrected chi connectivity index (χ4v) is 3.38. The molecule has 5 nitrogen and oxygen atoms in total. The molecule has 0 radical (unpaired) electrons. The van der Waals surface area contributed by atoms with Crippen molar-refractivity contribution in [2.45, 2.75) is 38.7 Å². The van der Waals surface area contributed by atoms with Gasteiger partial charge in [-0.25, -0.2) is 0 Å². The van der Waals surface area contributed by atoms with Gasteiger partial charge in [0.15, 0.2) is 5.78 Å². The van der Waals surface area contributed by atoms with Crippen molar-refractivity contribution in [3.05, 3.63) is 41.2 Å². The van der Waals surface area contributed by atoms with Crippen LogP contribution >= 0.6 is 0 Å². The molecule has 0 saturated heterocycles. The van der Waals surface area contributed by atoms with E-state index in [4.69, 9.17) is 0 Å². The zero-order valence-electron chi connectivity index (χ0n) is 12.8. The summed E-state index contributed by atoms with van der Waals surface area (Å²) in [5.41, 5.74) is -0.704. The SMILES string of the molecule is CC(=O)C1=C(O)CC(C)(O)C(C(C)=O)C1c1ccc(O)cc1. The molecule has 1 aromatic rings. The van der Waals surface area contributed by atoms with Gasteiger partial charge in [0.1, 0.15) is 17.3 Å². The summed E-state index contributed by atoms with van der Waals surface area (Å²) in [6, 6.07) is 6.08. The van der Waals surface area contributed by atoms with E-state index in [1.54, 1.807) is 12.1 Å². The zero-order valence-corrected chi connectivity index (χ0v) is 12.8. The van der Waals surface area contributed by atoms with E-state index in [0.717, 1.165) is 0 Å². The summed E-state index contributed by atoms with van der Waals surface area (Å²) in [5, 5.41) is 30.2. The third-order valence-corrected chi connectivity index (χ3v) is 4.22. The maximum atomic E-state index is 12.1. The predicted molar refractivity (Wildman–Crippen MR) is 80.6 cm³/mol. The van der Waals surface area contributed by atoms with Gasteiger partial charge in [-0.05, 0) is 38.5 Å². The van der Waals surface area contributed by atoms with Crippen LogP contribution < -0.4 is 0 Å². The summed E-state index contributed by atoms with van der Waals surface area (Å²) in [4.78, 5) is 24.1. The van der Waals surface area contributed by atoms with E-state index >= 15 is 0 Å². The average molecular weight is 304 g/mol. The third-order valence-electron chi connectivity index (χ3n) is 4.22. The lowest BCUT2D eigenvalue weighted by Crippen LogP contribution is -2.47. The van der Waals surface area contributed by atoms with Gasteiger partial charge in [0.2, 0.25) is 0 Å². The number of allylic oxidation sites excluding steroid dienone is 1. The van der Waals surface area contributed by atoms with Crippen molar-refractivity contribution in [2.24, 2.45) is 5.92 Å². The molecule has 0 aromatic heterocycles. The first-order valence-corrected chi connectivity index (χ1v) is 7.10. The van der Waals surface area contributed by atoms with Crippen molar-refractivity contribution in [1.29, 1.82) is 0 Å². The Labute approximate surface area is 128 Å². The number of aromatic hydroxyl groups is 1. The lowest BCUT2D eigenvalue weighted by atomic mass is 9.64. The van der Waals surface area contributed by atoms with Crippen LogP contribution in [0.3, 0.4) is 0 Å². The number of phenolic OH excluding ortho intramolecular Hbond substituents is 1. The molecule has 0 amide bonds. The Kier molecular flexibility index (Phi) is 4.11. The van der Waals surface area contributed by atoms with Crippen LogP contribution in [-0.4, -0.2) is 32.5 Å². The van der Waals surface area contributed by atoms with Gasteiger partial charge in [0, 0.05) is 17.9 Å². The highest BCUT2D eigenvalue weighted by Gasteiger charge is 2.49. The fraction of sp³-hybridized carbons (Fsp3) is 0.412. The fourth-order valence-electron chi connectivity index (χ4n) is 3.38. The summed E-state index contributed by atoms with van der Waals surface area (Å²) in [6.45, 7) is 4.18. The van der Waals surface area contributed by atoms with Gasteiger partial charge in [0.25, 0.3) is 0 Å². The smallest absolute Gasteiger partial charge is 0.159 e. The number of rotatable bonds is 3. The van der Waals surface area contributed by atoms with Crippen LogP contribution in [0.5, 0.6) is 5.75 Å². The molecule has 1 aromatic carbocycles. The summed E-state index contributed by atoms with van der Waals surface area (Å²) >= 11 is 0. The Morgan fingerprint density at radius 1 is 1.14 bits per heavy atom. The molecule has 3 unspecified atom stereocenters. The van der Waals surface area contributed by atoms with Gasteiger partial charge < -0.3 is 15.3 Å².